The third kappa shape index (κ3) is 2.50. The van der Waals surface area contributed by atoms with Crippen LogP contribution in [0.4, 0.5) is 17.6 Å². The minimum Gasteiger partial charge on any atom is -0.251 e. The highest BCUT2D eigenvalue weighted by Crippen LogP contribution is 2.35. The summed E-state index contributed by atoms with van der Waals surface area (Å²) >= 11 is 0. The van der Waals surface area contributed by atoms with Crippen LogP contribution in [0.1, 0.15) is 11.3 Å². The maximum absolute atomic E-state index is 12.8. The molecular formula is C13H8F4N. The van der Waals surface area contributed by atoms with E-state index in [0.29, 0.717) is 5.56 Å². The Kier molecular flexibility index (Phi) is 3.07. The van der Waals surface area contributed by atoms with Crippen LogP contribution in [0, 0.1) is 12.7 Å². The first-order chi connectivity index (χ1) is 8.38. The smallest absolute Gasteiger partial charge is 0.251 e. The second-order valence-electron chi connectivity index (χ2n) is 3.74. The summed E-state index contributed by atoms with van der Waals surface area (Å²) < 4.78 is 51.1. The summed E-state index contributed by atoms with van der Waals surface area (Å²) in [5.41, 5.74) is -0.486. The normalized spacial score (nSPS) is 11.6. The molecular weight excluding hydrogens is 246 g/mol. The molecule has 0 atom stereocenters. The first-order valence-electron chi connectivity index (χ1n) is 5.03. The molecule has 0 spiro atoms. The Hall–Kier alpha value is -1.91. The van der Waals surface area contributed by atoms with Gasteiger partial charge in [0, 0.05) is 11.8 Å². The maximum Gasteiger partial charge on any atom is 0.433 e. The molecule has 1 radical (unpaired) electrons. The minimum atomic E-state index is -4.56. The predicted octanol–water partition coefficient (Wildman–Crippen LogP) is 4.09. The summed E-state index contributed by atoms with van der Waals surface area (Å²) in [6.07, 6.45) is -3.51. The molecule has 0 saturated carbocycles. The zero-order valence-electron chi connectivity index (χ0n) is 9.13. The van der Waals surface area contributed by atoms with Crippen molar-refractivity contribution in [2.75, 3.05) is 0 Å². The van der Waals surface area contributed by atoms with E-state index in [1.165, 1.54) is 18.2 Å². The highest BCUT2D eigenvalue weighted by molar-refractivity contribution is 5.67. The van der Waals surface area contributed by atoms with Crippen LogP contribution in [0.3, 0.4) is 0 Å². The van der Waals surface area contributed by atoms with E-state index >= 15 is 0 Å². The van der Waals surface area contributed by atoms with Crippen LogP contribution in [-0.4, -0.2) is 4.98 Å². The second-order valence-corrected chi connectivity index (χ2v) is 3.74. The van der Waals surface area contributed by atoms with Gasteiger partial charge in [0.2, 0.25) is 0 Å². The summed E-state index contributed by atoms with van der Waals surface area (Å²) in [7, 11) is 0. The summed E-state index contributed by atoms with van der Waals surface area (Å²) in [6, 6.07) is 6.04. The van der Waals surface area contributed by atoms with Gasteiger partial charge < -0.3 is 0 Å². The van der Waals surface area contributed by atoms with Crippen LogP contribution in [0.5, 0.6) is 0 Å². The van der Waals surface area contributed by atoms with E-state index in [4.69, 9.17) is 0 Å². The minimum absolute atomic E-state index is 0.102. The number of rotatable bonds is 1. The number of alkyl halides is 3. The Bertz CT molecular complexity index is 558. The van der Waals surface area contributed by atoms with Gasteiger partial charge in [0.1, 0.15) is 5.82 Å². The third-order valence-electron chi connectivity index (χ3n) is 2.37. The number of hydrogen-bond acceptors (Lipinski definition) is 1. The van der Waals surface area contributed by atoms with E-state index in [1.807, 2.05) is 0 Å². The molecule has 2 aromatic rings. The maximum atomic E-state index is 12.8. The van der Waals surface area contributed by atoms with Gasteiger partial charge in [-0.05, 0) is 36.2 Å². The lowest BCUT2D eigenvalue weighted by atomic mass is 10.0. The Morgan fingerprint density at radius 1 is 1.06 bits per heavy atom. The topological polar surface area (TPSA) is 12.9 Å². The Morgan fingerprint density at radius 3 is 2.22 bits per heavy atom. The van der Waals surface area contributed by atoms with Gasteiger partial charge in [0.25, 0.3) is 0 Å². The van der Waals surface area contributed by atoms with Crippen LogP contribution in [0.15, 0.2) is 36.5 Å². The molecule has 0 unspecified atom stereocenters. The van der Waals surface area contributed by atoms with Gasteiger partial charge >= 0.3 is 6.18 Å². The lowest BCUT2D eigenvalue weighted by Gasteiger charge is -2.12. The molecule has 1 aromatic carbocycles. The van der Waals surface area contributed by atoms with Crippen molar-refractivity contribution in [2.24, 2.45) is 0 Å². The molecule has 0 amide bonds. The summed E-state index contributed by atoms with van der Waals surface area (Å²) in [4.78, 5) is 3.37. The quantitative estimate of drug-likeness (QED) is 0.698. The van der Waals surface area contributed by atoms with E-state index in [0.717, 1.165) is 18.3 Å². The number of nitrogens with zero attached hydrogens (tertiary/aromatic N) is 1. The van der Waals surface area contributed by atoms with Gasteiger partial charge in [-0.2, -0.15) is 13.2 Å². The molecule has 0 aliphatic heterocycles. The summed E-state index contributed by atoms with van der Waals surface area (Å²) in [6.45, 7) is 3.54. The molecule has 18 heavy (non-hydrogen) atoms. The van der Waals surface area contributed by atoms with Crippen molar-refractivity contribution in [2.45, 2.75) is 6.18 Å². The number of aromatic nitrogens is 1. The number of halogens is 4. The standard InChI is InChI=1S/C13H8F4N/c1-8-6-11(9-2-4-10(14)5-3-9)12(18-7-8)13(15,16)17/h2-7H,1H2. The van der Waals surface area contributed by atoms with Crippen LogP contribution in [0.2, 0.25) is 0 Å². The van der Waals surface area contributed by atoms with Crippen LogP contribution >= 0.6 is 0 Å². The number of benzene rings is 1. The molecule has 0 N–H and O–H groups in total. The fraction of sp³-hybridized carbons (Fsp3) is 0.0769. The van der Waals surface area contributed by atoms with Crippen LogP contribution < -0.4 is 0 Å². The van der Waals surface area contributed by atoms with Crippen LogP contribution in [-0.2, 0) is 6.18 Å². The van der Waals surface area contributed by atoms with E-state index in [-0.39, 0.29) is 11.1 Å². The molecule has 0 aliphatic carbocycles. The van der Waals surface area contributed by atoms with Gasteiger partial charge in [-0.1, -0.05) is 12.1 Å². The molecule has 1 nitrogen and oxygen atoms in total. The third-order valence-corrected chi connectivity index (χ3v) is 2.37. The van der Waals surface area contributed by atoms with Crippen molar-refractivity contribution in [3.63, 3.8) is 0 Å². The van der Waals surface area contributed by atoms with Crippen LogP contribution in [0.25, 0.3) is 11.1 Å². The van der Waals surface area contributed by atoms with Gasteiger partial charge in [0.05, 0.1) is 0 Å². The second kappa shape index (κ2) is 4.40. The lowest BCUT2D eigenvalue weighted by Crippen LogP contribution is -2.10. The zero-order chi connectivity index (χ0) is 13.3. The average Bonchev–Trinajstić information content (AvgIpc) is 2.28. The van der Waals surface area contributed by atoms with Gasteiger partial charge in [-0.15, -0.1) is 0 Å². The molecule has 93 valence electrons. The predicted molar refractivity (Wildman–Crippen MR) is 59.1 cm³/mol. The molecule has 0 fully saturated rings. The fourth-order valence-corrected chi connectivity index (χ4v) is 1.58. The first-order valence-corrected chi connectivity index (χ1v) is 5.03. The molecule has 1 heterocycles. The van der Waals surface area contributed by atoms with Crippen molar-refractivity contribution in [3.8, 4) is 11.1 Å². The average molecular weight is 254 g/mol. The largest absolute Gasteiger partial charge is 0.433 e. The summed E-state index contributed by atoms with van der Waals surface area (Å²) in [5, 5.41) is 0. The SMILES string of the molecule is [CH2]c1cnc(C(F)(F)F)c(-c2ccc(F)cc2)c1. The first kappa shape index (κ1) is 12.5. The van der Waals surface area contributed by atoms with Crippen molar-refractivity contribution in [3.05, 3.63) is 60.5 Å². The molecule has 1 aromatic heterocycles. The Morgan fingerprint density at radius 2 is 1.67 bits per heavy atom. The van der Waals surface area contributed by atoms with Crippen molar-refractivity contribution >= 4 is 0 Å². The highest BCUT2D eigenvalue weighted by Gasteiger charge is 2.35. The fourth-order valence-electron chi connectivity index (χ4n) is 1.58. The van der Waals surface area contributed by atoms with Gasteiger partial charge in [-0.3, -0.25) is 4.98 Å². The van der Waals surface area contributed by atoms with Gasteiger partial charge in [-0.25, -0.2) is 4.39 Å². The molecule has 2 rings (SSSR count). The molecule has 0 bridgehead atoms. The number of pyridine rings is 1. The van der Waals surface area contributed by atoms with Crippen molar-refractivity contribution in [1.29, 1.82) is 0 Å². The monoisotopic (exact) mass is 254 g/mol. The highest BCUT2D eigenvalue weighted by atomic mass is 19.4. The van der Waals surface area contributed by atoms with E-state index in [1.54, 1.807) is 0 Å². The molecule has 0 aliphatic rings. The molecule has 5 heteroatoms. The van der Waals surface area contributed by atoms with Gasteiger partial charge in [0.15, 0.2) is 5.69 Å². The Labute approximate surface area is 101 Å². The Balaban J connectivity index is 2.62. The molecule has 0 saturated heterocycles. The van der Waals surface area contributed by atoms with Crippen molar-refractivity contribution < 1.29 is 17.6 Å². The van der Waals surface area contributed by atoms with E-state index < -0.39 is 17.7 Å². The van der Waals surface area contributed by atoms with E-state index in [2.05, 4.69) is 11.9 Å². The lowest BCUT2D eigenvalue weighted by molar-refractivity contribution is -0.140. The van der Waals surface area contributed by atoms with Crippen molar-refractivity contribution in [1.82, 2.24) is 4.98 Å². The summed E-state index contributed by atoms with van der Waals surface area (Å²) in [5.74, 6) is -0.508. The van der Waals surface area contributed by atoms with E-state index in [9.17, 15) is 17.6 Å². The number of hydrogen-bond donors (Lipinski definition) is 0. The zero-order valence-corrected chi connectivity index (χ0v) is 9.13.